The number of rotatable bonds is 4. The molecule has 0 aliphatic heterocycles. The van der Waals surface area contributed by atoms with E-state index in [4.69, 9.17) is 5.11 Å². The largest absolute Gasteiger partial charge is 0.481 e. The quantitative estimate of drug-likeness (QED) is 0.883. The van der Waals surface area contributed by atoms with Crippen molar-refractivity contribution < 1.29 is 14.7 Å². The molecule has 23 heavy (non-hydrogen) atoms. The number of nitrogens with zero attached hydrogens (tertiary/aromatic N) is 2. The van der Waals surface area contributed by atoms with Gasteiger partial charge < -0.3 is 10.4 Å². The molecule has 120 valence electrons. The van der Waals surface area contributed by atoms with Gasteiger partial charge in [0.05, 0.1) is 12.0 Å². The standard InChI is InChI=1S/C16H17N3O4/c20-13(21)9-16(6-2-3-7-16)18-14(22)11-10-17-12-5-1-4-8-19(12)15(11)23/h1,4-5,8,10H,2-3,6-7,9H2,(H,18,22)(H,20,21). The maximum atomic E-state index is 12.5. The van der Waals surface area contributed by atoms with Crippen molar-refractivity contribution in [3.8, 4) is 0 Å². The highest BCUT2D eigenvalue weighted by atomic mass is 16.4. The van der Waals surface area contributed by atoms with Gasteiger partial charge in [0.2, 0.25) is 0 Å². The van der Waals surface area contributed by atoms with Crippen LogP contribution in [0.3, 0.4) is 0 Å². The van der Waals surface area contributed by atoms with E-state index in [0.29, 0.717) is 18.5 Å². The molecule has 7 heteroatoms. The van der Waals surface area contributed by atoms with Crippen LogP contribution in [-0.2, 0) is 4.79 Å². The highest BCUT2D eigenvalue weighted by molar-refractivity contribution is 5.94. The lowest BCUT2D eigenvalue weighted by Crippen LogP contribution is -2.49. The molecule has 7 nitrogen and oxygen atoms in total. The van der Waals surface area contributed by atoms with Crippen LogP contribution in [0, 0.1) is 0 Å². The second-order valence-corrected chi connectivity index (χ2v) is 5.92. The first-order valence-corrected chi connectivity index (χ1v) is 7.51. The van der Waals surface area contributed by atoms with E-state index < -0.39 is 23.0 Å². The summed E-state index contributed by atoms with van der Waals surface area (Å²) in [6.07, 6.45) is 5.59. The molecule has 1 amide bonds. The topological polar surface area (TPSA) is 101 Å². The van der Waals surface area contributed by atoms with Crippen LogP contribution in [0.25, 0.3) is 5.65 Å². The molecule has 0 atom stereocenters. The number of amides is 1. The van der Waals surface area contributed by atoms with E-state index in [2.05, 4.69) is 10.3 Å². The Kier molecular flexibility index (Phi) is 3.85. The number of aliphatic carboxylic acids is 1. The number of hydrogen-bond acceptors (Lipinski definition) is 4. The lowest BCUT2D eigenvalue weighted by molar-refractivity contribution is -0.138. The Morgan fingerprint density at radius 3 is 2.74 bits per heavy atom. The second kappa shape index (κ2) is 5.83. The van der Waals surface area contributed by atoms with Crippen molar-refractivity contribution in [3.63, 3.8) is 0 Å². The second-order valence-electron chi connectivity index (χ2n) is 5.92. The van der Waals surface area contributed by atoms with Gasteiger partial charge in [-0.05, 0) is 25.0 Å². The maximum absolute atomic E-state index is 12.5. The average molecular weight is 315 g/mol. The van der Waals surface area contributed by atoms with Crippen molar-refractivity contribution in [2.75, 3.05) is 0 Å². The monoisotopic (exact) mass is 315 g/mol. The third kappa shape index (κ3) is 2.94. The fourth-order valence-electron chi connectivity index (χ4n) is 3.18. The maximum Gasteiger partial charge on any atom is 0.305 e. The Morgan fingerprint density at radius 1 is 1.30 bits per heavy atom. The van der Waals surface area contributed by atoms with Crippen LogP contribution < -0.4 is 10.9 Å². The summed E-state index contributed by atoms with van der Waals surface area (Å²) >= 11 is 0. The van der Waals surface area contributed by atoms with Gasteiger partial charge in [0.15, 0.2) is 0 Å². The van der Waals surface area contributed by atoms with Gasteiger partial charge in [0.1, 0.15) is 11.2 Å². The van der Waals surface area contributed by atoms with Gasteiger partial charge in [-0.25, -0.2) is 4.98 Å². The molecule has 2 aromatic rings. The van der Waals surface area contributed by atoms with Crippen molar-refractivity contribution in [3.05, 3.63) is 46.5 Å². The lowest BCUT2D eigenvalue weighted by Gasteiger charge is -2.28. The third-order valence-corrected chi connectivity index (χ3v) is 4.29. The van der Waals surface area contributed by atoms with Crippen LogP contribution >= 0.6 is 0 Å². The Morgan fingerprint density at radius 2 is 2.04 bits per heavy atom. The van der Waals surface area contributed by atoms with Crippen LogP contribution in [0.15, 0.2) is 35.4 Å². The summed E-state index contributed by atoms with van der Waals surface area (Å²) in [6.45, 7) is 0. The molecular weight excluding hydrogens is 298 g/mol. The van der Waals surface area contributed by atoms with Crippen LogP contribution in [0.1, 0.15) is 42.5 Å². The summed E-state index contributed by atoms with van der Waals surface area (Å²) in [5.41, 5.74) is -0.858. The number of aromatic nitrogens is 2. The zero-order valence-corrected chi connectivity index (χ0v) is 12.5. The van der Waals surface area contributed by atoms with E-state index in [1.54, 1.807) is 24.4 Å². The zero-order valence-electron chi connectivity index (χ0n) is 12.5. The van der Waals surface area contributed by atoms with E-state index in [1.165, 1.54) is 10.6 Å². The van der Waals surface area contributed by atoms with Crippen molar-refractivity contribution in [2.45, 2.75) is 37.6 Å². The molecule has 0 saturated heterocycles. The van der Waals surface area contributed by atoms with Gasteiger partial charge in [-0.3, -0.25) is 18.8 Å². The van der Waals surface area contributed by atoms with E-state index >= 15 is 0 Å². The minimum Gasteiger partial charge on any atom is -0.481 e. The van der Waals surface area contributed by atoms with Crippen LogP contribution in [0.5, 0.6) is 0 Å². The van der Waals surface area contributed by atoms with E-state index in [1.807, 2.05) is 0 Å². The highest BCUT2D eigenvalue weighted by Gasteiger charge is 2.38. The van der Waals surface area contributed by atoms with Gasteiger partial charge in [-0.2, -0.15) is 0 Å². The predicted octanol–water partition coefficient (Wildman–Crippen LogP) is 1.21. The molecule has 1 aliphatic rings. The number of carbonyl (C=O) groups excluding carboxylic acids is 1. The summed E-state index contributed by atoms with van der Waals surface area (Å²) in [5, 5.41) is 11.9. The number of nitrogens with one attached hydrogen (secondary N) is 1. The number of hydrogen-bond donors (Lipinski definition) is 2. The van der Waals surface area contributed by atoms with Crippen molar-refractivity contribution >= 4 is 17.5 Å². The summed E-state index contributed by atoms with van der Waals surface area (Å²) in [6, 6.07) is 5.11. The lowest BCUT2D eigenvalue weighted by atomic mass is 9.93. The smallest absolute Gasteiger partial charge is 0.305 e. The number of carboxylic acids is 1. The Bertz CT molecular complexity index is 821. The normalized spacial score (nSPS) is 16.3. The van der Waals surface area contributed by atoms with Gasteiger partial charge in [-0.1, -0.05) is 18.9 Å². The van der Waals surface area contributed by atoms with Gasteiger partial charge in [-0.15, -0.1) is 0 Å². The van der Waals surface area contributed by atoms with Crippen LogP contribution in [0.2, 0.25) is 0 Å². The Hall–Kier alpha value is -2.70. The number of carboxylic acid groups (broad SMARTS) is 1. The number of fused-ring (bicyclic) bond motifs is 1. The van der Waals surface area contributed by atoms with Crippen molar-refractivity contribution in [1.29, 1.82) is 0 Å². The predicted molar refractivity (Wildman–Crippen MR) is 82.4 cm³/mol. The van der Waals surface area contributed by atoms with E-state index in [-0.39, 0.29) is 12.0 Å². The third-order valence-electron chi connectivity index (χ3n) is 4.29. The van der Waals surface area contributed by atoms with Gasteiger partial charge in [0, 0.05) is 12.4 Å². The molecule has 1 fully saturated rings. The molecule has 2 aromatic heterocycles. The Labute approximate surface area is 132 Å². The summed E-state index contributed by atoms with van der Waals surface area (Å²) in [5.74, 6) is -1.52. The molecule has 0 radical (unpaired) electrons. The number of carbonyl (C=O) groups is 2. The fourth-order valence-corrected chi connectivity index (χ4v) is 3.18. The highest BCUT2D eigenvalue weighted by Crippen LogP contribution is 2.32. The number of pyridine rings is 1. The average Bonchev–Trinajstić information content (AvgIpc) is 2.95. The molecule has 0 bridgehead atoms. The molecule has 0 spiro atoms. The molecule has 0 aromatic carbocycles. The van der Waals surface area contributed by atoms with Crippen LogP contribution in [0.4, 0.5) is 0 Å². The Balaban J connectivity index is 1.92. The minimum absolute atomic E-state index is 0.0784. The zero-order chi connectivity index (χ0) is 16.4. The summed E-state index contributed by atoms with van der Waals surface area (Å²) in [7, 11) is 0. The van der Waals surface area contributed by atoms with Gasteiger partial charge in [0.25, 0.3) is 11.5 Å². The first kappa shape index (κ1) is 15.2. The molecule has 1 aliphatic carbocycles. The molecule has 0 unspecified atom stereocenters. The summed E-state index contributed by atoms with van der Waals surface area (Å²) in [4.78, 5) is 40.1. The van der Waals surface area contributed by atoms with Crippen LogP contribution in [-0.4, -0.2) is 31.9 Å². The first-order valence-electron chi connectivity index (χ1n) is 7.51. The molecule has 2 N–H and O–H groups in total. The molecular formula is C16H17N3O4. The van der Waals surface area contributed by atoms with Crippen molar-refractivity contribution in [1.82, 2.24) is 14.7 Å². The molecule has 3 rings (SSSR count). The fraction of sp³-hybridized carbons (Fsp3) is 0.375. The minimum atomic E-state index is -0.958. The SMILES string of the molecule is O=C(O)CC1(NC(=O)c2cnc3ccccn3c2=O)CCCC1. The molecule has 1 saturated carbocycles. The van der Waals surface area contributed by atoms with Gasteiger partial charge >= 0.3 is 5.97 Å². The first-order chi connectivity index (χ1) is 11.0. The van der Waals surface area contributed by atoms with E-state index in [0.717, 1.165) is 12.8 Å². The van der Waals surface area contributed by atoms with Crippen molar-refractivity contribution in [2.24, 2.45) is 0 Å². The molecule has 2 heterocycles. The van der Waals surface area contributed by atoms with E-state index in [9.17, 15) is 14.4 Å². The summed E-state index contributed by atoms with van der Waals surface area (Å²) < 4.78 is 1.30.